The Kier molecular flexibility index (Phi) is 3.80. The second-order valence-electron chi connectivity index (χ2n) is 8.47. The standard InChI is InChI=1S/C18H32N2/c19-10-12-2-1-3-17(9-12)20-11-18-15-5-13-4-14(7-15)8-16(18)6-13/h12-18,20H,1-11,19H2/t12?,13-,14?,15+,16?,17?,18?/m0/s1. The average molecular weight is 276 g/mol. The summed E-state index contributed by atoms with van der Waals surface area (Å²) < 4.78 is 0. The summed E-state index contributed by atoms with van der Waals surface area (Å²) in [4.78, 5) is 0. The molecule has 0 heterocycles. The van der Waals surface area contributed by atoms with E-state index in [4.69, 9.17) is 5.73 Å². The summed E-state index contributed by atoms with van der Waals surface area (Å²) in [7, 11) is 0. The maximum atomic E-state index is 5.87. The second-order valence-corrected chi connectivity index (χ2v) is 8.47. The first-order valence-corrected chi connectivity index (χ1v) is 9.25. The molecule has 4 bridgehead atoms. The van der Waals surface area contributed by atoms with Crippen molar-refractivity contribution in [3.8, 4) is 0 Å². The first-order valence-electron chi connectivity index (χ1n) is 9.25. The van der Waals surface area contributed by atoms with Crippen molar-refractivity contribution in [2.24, 2.45) is 41.2 Å². The molecule has 0 aromatic rings. The van der Waals surface area contributed by atoms with Crippen LogP contribution in [-0.2, 0) is 0 Å². The molecule has 5 saturated carbocycles. The van der Waals surface area contributed by atoms with Crippen LogP contribution in [0.25, 0.3) is 0 Å². The number of nitrogens with one attached hydrogen (secondary N) is 1. The zero-order valence-electron chi connectivity index (χ0n) is 12.9. The molecule has 0 saturated heterocycles. The molecule has 0 aromatic heterocycles. The Morgan fingerprint density at radius 3 is 2.20 bits per heavy atom. The predicted octanol–water partition coefficient (Wildman–Crippen LogP) is 3.17. The molecule has 5 aliphatic rings. The van der Waals surface area contributed by atoms with Gasteiger partial charge in [-0.1, -0.05) is 6.42 Å². The summed E-state index contributed by atoms with van der Waals surface area (Å²) in [6.07, 6.45) is 13.3. The molecule has 0 radical (unpaired) electrons. The summed E-state index contributed by atoms with van der Waals surface area (Å²) in [5.41, 5.74) is 5.87. The fourth-order valence-electron chi connectivity index (χ4n) is 6.36. The minimum Gasteiger partial charge on any atom is -0.330 e. The molecule has 0 aromatic carbocycles. The van der Waals surface area contributed by atoms with Crippen LogP contribution in [0, 0.1) is 35.5 Å². The molecule has 0 amide bonds. The maximum Gasteiger partial charge on any atom is 0.00702 e. The first-order chi connectivity index (χ1) is 9.81. The molecule has 20 heavy (non-hydrogen) atoms. The third-order valence-corrected chi connectivity index (χ3v) is 7.18. The van der Waals surface area contributed by atoms with Gasteiger partial charge in [-0.25, -0.2) is 0 Å². The van der Waals surface area contributed by atoms with Gasteiger partial charge >= 0.3 is 0 Å². The van der Waals surface area contributed by atoms with Crippen molar-refractivity contribution in [3.05, 3.63) is 0 Å². The summed E-state index contributed by atoms with van der Waals surface area (Å²) in [5, 5.41) is 3.96. The molecule has 0 spiro atoms. The zero-order valence-corrected chi connectivity index (χ0v) is 12.9. The summed E-state index contributed by atoms with van der Waals surface area (Å²) in [6.45, 7) is 2.22. The lowest BCUT2D eigenvalue weighted by atomic mass is 9.52. The molecule has 5 rings (SSSR count). The Labute approximate surface area is 124 Å². The average Bonchev–Trinajstić information content (AvgIpc) is 2.46. The topological polar surface area (TPSA) is 38.0 Å². The molecule has 2 nitrogen and oxygen atoms in total. The van der Waals surface area contributed by atoms with Crippen LogP contribution in [0.2, 0.25) is 0 Å². The molecule has 0 aliphatic heterocycles. The normalized spacial score (nSPS) is 50.5. The Morgan fingerprint density at radius 2 is 1.55 bits per heavy atom. The van der Waals surface area contributed by atoms with Gasteiger partial charge in [-0.3, -0.25) is 0 Å². The minimum absolute atomic E-state index is 0.773. The highest BCUT2D eigenvalue weighted by Crippen LogP contribution is 2.56. The molecule has 2 atom stereocenters. The smallest absolute Gasteiger partial charge is 0.00702 e. The van der Waals surface area contributed by atoms with E-state index in [1.165, 1.54) is 32.2 Å². The van der Waals surface area contributed by atoms with Crippen molar-refractivity contribution in [1.29, 1.82) is 0 Å². The van der Waals surface area contributed by atoms with Gasteiger partial charge in [0.2, 0.25) is 0 Å². The largest absolute Gasteiger partial charge is 0.330 e. The maximum absolute atomic E-state index is 5.87. The van der Waals surface area contributed by atoms with E-state index in [0.29, 0.717) is 0 Å². The lowest BCUT2D eigenvalue weighted by Crippen LogP contribution is -2.50. The lowest BCUT2D eigenvalue weighted by molar-refractivity contribution is -0.0368. The van der Waals surface area contributed by atoms with Gasteiger partial charge in [0, 0.05) is 6.04 Å². The van der Waals surface area contributed by atoms with Gasteiger partial charge in [-0.05, 0) is 100.0 Å². The van der Waals surface area contributed by atoms with Crippen LogP contribution in [0.4, 0.5) is 0 Å². The molecule has 5 aliphatic carbocycles. The van der Waals surface area contributed by atoms with Crippen LogP contribution in [-0.4, -0.2) is 19.1 Å². The summed E-state index contributed by atoms with van der Waals surface area (Å²) in [5.74, 6) is 6.19. The Bertz CT molecular complexity index is 312. The van der Waals surface area contributed by atoms with Gasteiger partial charge in [0.1, 0.15) is 0 Å². The quantitative estimate of drug-likeness (QED) is 0.827. The van der Waals surface area contributed by atoms with Crippen molar-refractivity contribution in [2.45, 2.75) is 63.8 Å². The van der Waals surface area contributed by atoms with Gasteiger partial charge in [-0.15, -0.1) is 0 Å². The Balaban J connectivity index is 1.31. The molecular weight excluding hydrogens is 244 g/mol. The van der Waals surface area contributed by atoms with E-state index >= 15 is 0 Å². The fraction of sp³-hybridized carbons (Fsp3) is 1.00. The van der Waals surface area contributed by atoms with Gasteiger partial charge < -0.3 is 11.1 Å². The SMILES string of the molecule is NCC1CCCC(NCC2C3CC4C[C@H](C3)C[C@@H]2C4)C1. The van der Waals surface area contributed by atoms with Crippen molar-refractivity contribution < 1.29 is 0 Å². The molecule has 5 fully saturated rings. The van der Waals surface area contributed by atoms with Gasteiger partial charge in [0.25, 0.3) is 0 Å². The Morgan fingerprint density at radius 1 is 0.850 bits per heavy atom. The van der Waals surface area contributed by atoms with Crippen LogP contribution in [0.15, 0.2) is 0 Å². The van der Waals surface area contributed by atoms with Gasteiger partial charge in [-0.2, -0.15) is 0 Å². The second kappa shape index (κ2) is 5.61. The van der Waals surface area contributed by atoms with Gasteiger partial charge in [0.15, 0.2) is 0 Å². The van der Waals surface area contributed by atoms with Crippen LogP contribution < -0.4 is 11.1 Å². The first kappa shape index (κ1) is 13.6. The van der Waals surface area contributed by atoms with E-state index in [1.807, 2.05) is 0 Å². The fourth-order valence-corrected chi connectivity index (χ4v) is 6.36. The van der Waals surface area contributed by atoms with E-state index in [0.717, 1.165) is 48.1 Å². The lowest BCUT2D eigenvalue weighted by Gasteiger charge is -2.54. The minimum atomic E-state index is 0.773. The third-order valence-electron chi connectivity index (χ3n) is 7.18. The van der Waals surface area contributed by atoms with E-state index in [2.05, 4.69) is 5.32 Å². The molecular formula is C18H32N2. The molecule has 2 heteroatoms. The monoisotopic (exact) mass is 276 g/mol. The van der Waals surface area contributed by atoms with E-state index in [1.54, 1.807) is 32.1 Å². The molecule has 3 N–H and O–H groups in total. The molecule has 2 unspecified atom stereocenters. The van der Waals surface area contributed by atoms with E-state index in [-0.39, 0.29) is 0 Å². The predicted molar refractivity (Wildman–Crippen MR) is 83.3 cm³/mol. The Hall–Kier alpha value is -0.0800. The number of nitrogens with two attached hydrogens (primary N) is 1. The number of rotatable bonds is 4. The van der Waals surface area contributed by atoms with Crippen molar-refractivity contribution in [2.75, 3.05) is 13.1 Å². The van der Waals surface area contributed by atoms with Crippen LogP contribution >= 0.6 is 0 Å². The molecule has 114 valence electrons. The van der Waals surface area contributed by atoms with Gasteiger partial charge in [0.05, 0.1) is 0 Å². The van der Waals surface area contributed by atoms with Crippen LogP contribution in [0.5, 0.6) is 0 Å². The van der Waals surface area contributed by atoms with Crippen molar-refractivity contribution >= 4 is 0 Å². The summed E-state index contributed by atoms with van der Waals surface area (Å²) in [6, 6.07) is 0.773. The number of hydrogen-bond donors (Lipinski definition) is 2. The third kappa shape index (κ3) is 2.54. The van der Waals surface area contributed by atoms with Crippen LogP contribution in [0.1, 0.15) is 57.8 Å². The van der Waals surface area contributed by atoms with Crippen LogP contribution in [0.3, 0.4) is 0 Å². The number of hydrogen-bond acceptors (Lipinski definition) is 2. The highest BCUT2D eigenvalue weighted by Gasteiger charge is 2.47. The highest BCUT2D eigenvalue weighted by molar-refractivity contribution is 4.99. The van der Waals surface area contributed by atoms with E-state index < -0.39 is 0 Å². The summed E-state index contributed by atoms with van der Waals surface area (Å²) >= 11 is 0. The van der Waals surface area contributed by atoms with E-state index in [9.17, 15) is 0 Å². The zero-order chi connectivity index (χ0) is 13.5. The highest BCUT2D eigenvalue weighted by atomic mass is 14.9. The van der Waals surface area contributed by atoms with Crippen molar-refractivity contribution in [1.82, 2.24) is 5.32 Å². The van der Waals surface area contributed by atoms with Crippen molar-refractivity contribution in [3.63, 3.8) is 0 Å².